The molecule has 2 aromatic carbocycles. The second-order valence-corrected chi connectivity index (χ2v) is 7.42. The van der Waals surface area contributed by atoms with Gasteiger partial charge in [-0.2, -0.15) is 0 Å². The van der Waals surface area contributed by atoms with E-state index in [9.17, 15) is 4.79 Å². The number of piperazine rings is 1. The van der Waals surface area contributed by atoms with Gasteiger partial charge in [0, 0.05) is 42.8 Å². The molecule has 2 heterocycles. The zero-order valence-corrected chi connectivity index (χ0v) is 17.0. The minimum atomic E-state index is -0.351. The molecule has 0 unspecified atom stereocenters. The number of halogens is 1. The van der Waals surface area contributed by atoms with Crippen LogP contribution in [0.1, 0.15) is 17.5 Å². The van der Waals surface area contributed by atoms with E-state index in [1.807, 2.05) is 42.5 Å². The van der Waals surface area contributed by atoms with E-state index in [2.05, 4.69) is 27.2 Å². The highest BCUT2D eigenvalue weighted by Crippen LogP contribution is 2.31. The number of rotatable bonds is 5. The van der Waals surface area contributed by atoms with Crippen molar-refractivity contribution in [3.05, 3.63) is 65.4 Å². The molecule has 4 rings (SSSR count). The normalized spacial score (nSPS) is 14.8. The standard InChI is InChI=1S/C22H23ClN4O2/c1-2-26-10-12-27(13-11-26)20-9-8-17(23)14-19(20)24-22(28)21-15-18(25-29-21)16-6-4-3-5-7-16/h3-9,14-15H,2,10-13H2,1H3,(H,24,28). The van der Waals surface area contributed by atoms with Gasteiger partial charge in [-0.25, -0.2) is 0 Å². The molecule has 0 saturated carbocycles. The molecular weight excluding hydrogens is 388 g/mol. The van der Waals surface area contributed by atoms with Crippen LogP contribution in [0.4, 0.5) is 11.4 Å². The lowest BCUT2D eigenvalue weighted by molar-refractivity contribution is 0.0988. The first-order valence-corrected chi connectivity index (χ1v) is 10.1. The Bertz CT molecular complexity index is 981. The number of hydrogen-bond donors (Lipinski definition) is 1. The number of hydrogen-bond acceptors (Lipinski definition) is 5. The number of anilines is 2. The lowest BCUT2D eigenvalue weighted by atomic mass is 10.1. The van der Waals surface area contributed by atoms with Crippen LogP contribution in [0.3, 0.4) is 0 Å². The molecule has 0 aliphatic carbocycles. The van der Waals surface area contributed by atoms with Gasteiger partial charge in [-0.05, 0) is 24.7 Å². The zero-order valence-electron chi connectivity index (χ0n) is 16.3. The van der Waals surface area contributed by atoms with Crippen LogP contribution >= 0.6 is 11.6 Å². The van der Waals surface area contributed by atoms with Gasteiger partial charge in [-0.3, -0.25) is 4.79 Å². The molecule has 7 heteroatoms. The summed E-state index contributed by atoms with van der Waals surface area (Å²) in [6, 6.07) is 16.8. The van der Waals surface area contributed by atoms with E-state index in [0.29, 0.717) is 16.4 Å². The van der Waals surface area contributed by atoms with Crippen molar-refractivity contribution in [1.29, 1.82) is 0 Å². The molecule has 0 radical (unpaired) electrons. The Kier molecular flexibility index (Phi) is 5.83. The van der Waals surface area contributed by atoms with Crippen molar-refractivity contribution in [2.75, 3.05) is 42.9 Å². The molecule has 1 aliphatic heterocycles. The lowest BCUT2D eigenvalue weighted by Gasteiger charge is -2.36. The van der Waals surface area contributed by atoms with Crippen LogP contribution in [0.5, 0.6) is 0 Å². The third kappa shape index (κ3) is 4.44. The first-order valence-electron chi connectivity index (χ1n) is 9.74. The number of nitrogens with one attached hydrogen (secondary N) is 1. The molecule has 0 bridgehead atoms. The van der Waals surface area contributed by atoms with Crippen LogP contribution in [0.15, 0.2) is 59.1 Å². The summed E-state index contributed by atoms with van der Waals surface area (Å²) in [6.45, 7) is 7.01. The van der Waals surface area contributed by atoms with Crippen LogP contribution in [-0.2, 0) is 0 Å². The molecular formula is C22H23ClN4O2. The van der Waals surface area contributed by atoms with Crippen molar-refractivity contribution < 1.29 is 9.32 Å². The van der Waals surface area contributed by atoms with E-state index in [4.69, 9.17) is 16.1 Å². The Morgan fingerprint density at radius 3 is 2.59 bits per heavy atom. The molecule has 6 nitrogen and oxygen atoms in total. The third-order valence-corrected chi connectivity index (χ3v) is 5.41. The summed E-state index contributed by atoms with van der Waals surface area (Å²) in [5.74, 6) is -0.194. The van der Waals surface area contributed by atoms with Crippen molar-refractivity contribution in [1.82, 2.24) is 10.1 Å². The van der Waals surface area contributed by atoms with Crippen LogP contribution in [0.25, 0.3) is 11.3 Å². The van der Waals surface area contributed by atoms with Crippen molar-refractivity contribution in [2.24, 2.45) is 0 Å². The summed E-state index contributed by atoms with van der Waals surface area (Å²) >= 11 is 6.20. The summed E-state index contributed by atoms with van der Waals surface area (Å²) < 4.78 is 5.28. The fourth-order valence-corrected chi connectivity index (χ4v) is 3.67. The zero-order chi connectivity index (χ0) is 20.2. The first-order chi connectivity index (χ1) is 14.1. The van der Waals surface area contributed by atoms with Gasteiger partial charge in [-0.1, -0.05) is 54.0 Å². The summed E-state index contributed by atoms with van der Waals surface area (Å²) in [7, 11) is 0. The van der Waals surface area contributed by atoms with Crippen LogP contribution in [0.2, 0.25) is 5.02 Å². The fraction of sp³-hybridized carbons (Fsp3) is 0.273. The highest BCUT2D eigenvalue weighted by molar-refractivity contribution is 6.31. The smallest absolute Gasteiger partial charge is 0.294 e. The topological polar surface area (TPSA) is 61.6 Å². The largest absolute Gasteiger partial charge is 0.367 e. The van der Waals surface area contributed by atoms with E-state index in [0.717, 1.165) is 44.0 Å². The van der Waals surface area contributed by atoms with E-state index in [1.54, 1.807) is 12.1 Å². The average Bonchev–Trinajstić information content (AvgIpc) is 3.25. The number of nitrogens with zero attached hydrogens (tertiary/aromatic N) is 3. The summed E-state index contributed by atoms with van der Waals surface area (Å²) in [4.78, 5) is 17.5. The van der Waals surface area contributed by atoms with E-state index in [1.165, 1.54) is 0 Å². The highest BCUT2D eigenvalue weighted by atomic mass is 35.5. The average molecular weight is 411 g/mol. The fourth-order valence-electron chi connectivity index (χ4n) is 3.50. The van der Waals surface area contributed by atoms with Gasteiger partial charge in [-0.15, -0.1) is 0 Å². The van der Waals surface area contributed by atoms with Gasteiger partial charge in [0.15, 0.2) is 0 Å². The van der Waals surface area contributed by atoms with E-state index < -0.39 is 0 Å². The molecule has 3 aromatic rings. The third-order valence-electron chi connectivity index (χ3n) is 5.17. The number of likely N-dealkylation sites (N-methyl/N-ethyl adjacent to an activating group) is 1. The summed E-state index contributed by atoms with van der Waals surface area (Å²) in [6.07, 6.45) is 0. The minimum Gasteiger partial charge on any atom is -0.367 e. The van der Waals surface area contributed by atoms with Crippen molar-refractivity contribution in [2.45, 2.75) is 6.92 Å². The van der Waals surface area contributed by atoms with Gasteiger partial charge >= 0.3 is 0 Å². The van der Waals surface area contributed by atoms with Crippen molar-refractivity contribution >= 4 is 28.9 Å². The Morgan fingerprint density at radius 1 is 1.10 bits per heavy atom. The molecule has 150 valence electrons. The molecule has 1 amide bonds. The number of carbonyl (C=O) groups is 1. The van der Waals surface area contributed by atoms with E-state index >= 15 is 0 Å². The molecule has 1 fully saturated rings. The monoisotopic (exact) mass is 410 g/mol. The summed E-state index contributed by atoms with van der Waals surface area (Å²) in [5.41, 5.74) is 3.15. The maximum absolute atomic E-state index is 12.8. The Morgan fingerprint density at radius 2 is 1.86 bits per heavy atom. The highest BCUT2D eigenvalue weighted by Gasteiger charge is 2.21. The minimum absolute atomic E-state index is 0.158. The second kappa shape index (κ2) is 8.68. The molecule has 1 aromatic heterocycles. The van der Waals surface area contributed by atoms with Crippen molar-refractivity contribution in [3.8, 4) is 11.3 Å². The number of carbonyl (C=O) groups excluding carboxylic acids is 1. The Balaban J connectivity index is 1.53. The predicted molar refractivity (Wildman–Crippen MR) is 116 cm³/mol. The quantitative estimate of drug-likeness (QED) is 0.675. The van der Waals surface area contributed by atoms with Gasteiger partial charge in [0.05, 0.1) is 11.4 Å². The van der Waals surface area contributed by atoms with Gasteiger partial charge in [0.2, 0.25) is 5.76 Å². The van der Waals surface area contributed by atoms with Crippen LogP contribution in [-0.4, -0.2) is 48.7 Å². The molecule has 1 aliphatic rings. The second-order valence-electron chi connectivity index (χ2n) is 6.98. The van der Waals surface area contributed by atoms with E-state index in [-0.39, 0.29) is 11.7 Å². The first kappa shape index (κ1) is 19.5. The molecule has 1 N–H and O–H groups in total. The van der Waals surface area contributed by atoms with Crippen LogP contribution < -0.4 is 10.2 Å². The summed E-state index contributed by atoms with van der Waals surface area (Å²) in [5, 5.41) is 7.53. The molecule has 1 saturated heterocycles. The van der Waals surface area contributed by atoms with Crippen molar-refractivity contribution in [3.63, 3.8) is 0 Å². The van der Waals surface area contributed by atoms with Gasteiger partial charge in [0.1, 0.15) is 5.69 Å². The van der Waals surface area contributed by atoms with Gasteiger partial charge < -0.3 is 19.6 Å². The predicted octanol–water partition coefficient (Wildman–Crippen LogP) is 4.39. The maximum Gasteiger partial charge on any atom is 0.294 e. The SMILES string of the molecule is CCN1CCN(c2ccc(Cl)cc2NC(=O)c2cc(-c3ccccc3)no2)CC1. The number of amides is 1. The number of benzene rings is 2. The van der Waals surface area contributed by atoms with Crippen LogP contribution in [0, 0.1) is 0 Å². The maximum atomic E-state index is 12.8. The van der Waals surface area contributed by atoms with Gasteiger partial charge in [0.25, 0.3) is 5.91 Å². The Labute approximate surface area is 175 Å². The molecule has 0 spiro atoms. The molecule has 29 heavy (non-hydrogen) atoms. The Hall–Kier alpha value is -2.83. The lowest BCUT2D eigenvalue weighted by Crippen LogP contribution is -2.46. The molecule has 0 atom stereocenters. The number of aromatic nitrogens is 1.